The van der Waals surface area contributed by atoms with Crippen LogP contribution in [0.4, 0.5) is 0 Å². The molecule has 0 amide bonds. The second-order valence-corrected chi connectivity index (χ2v) is 7.00. The van der Waals surface area contributed by atoms with E-state index in [9.17, 15) is 0 Å². The Labute approximate surface area is 113 Å². The first kappa shape index (κ1) is 14.3. The molecule has 3 heteroatoms. The zero-order valence-electron chi connectivity index (χ0n) is 12.5. The van der Waals surface area contributed by atoms with Crippen LogP contribution >= 0.6 is 0 Å². The van der Waals surface area contributed by atoms with E-state index in [1.54, 1.807) is 0 Å². The zero-order valence-corrected chi connectivity index (χ0v) is 12.5. The van der Waals surface area contributed by atoms with Crippen molar-refractivity contribution in [2.75, 3.05) is 53.4 Å². The molecule has 1 saturated carbocycles. The van der Waals surface area contributed by atoms with Gasteiger partial charge in [0.2, 0.25) is 0 Å². The van der Waals surface area contributed by atoms with E-state index in [1.165, 1.54) is 58.4 Å². The molecule has 1 saturated heterocycles. The van der Waals surface area contributed by atoms with Crippen molar-refractivity contribution in [3.63, 3.8) is 0 Å². The minimum atomic E-state index is 0.655. The van der Waals surface area contributed by atoms with Crippen molar-refractivity contribution in [3.05, 3.63) is 0 Å². The first-order valence-electron chi connectivity index (χ1n) is 7.65. The molecule has 2 rings (SSSR count). The average Bonchev–Trinajstić information content (AvgIpc) is 3.04. The Morgan fingerprint density at radius 2 is 1.94 bits per heavy atom. The number of hydrogen-bond acceptors (Lipinski definition) is 3. The van der Waals surface area contributed by atoms with Gasteiger partial charge in [-0.25, -0.2) is 0 Å². The predicted molar refractivity (Wildman–Crippen MR) is 77.9 cm³/mol. The van der Waals surface area contributed by atoms with Crippen LogP contribution in [0.3, 0.4) is 0 Å². The lowest BCUT2D eigenvalue weighted by atomic mass is 9.97. The van der Waals surface area contributed by atoms with E-state index < -0.39 is 0 Å². The molecule has 0 aromatic carbocycles. The summed E-state index contributed by atoms with van der Waals surface area (Å²) >= 11 is 0. The first-order chi connectivity index (χ1) is 8.57. The van der Waals surface area contributed by atoms with Crippen molar-refractivity contribution in [2.45, 2.75) is 32.6 Å². The fourth-order valence-corrected chi connectivity index (χ4v) is 2.94. The van der Waals surface area contributed by atoms with Crippen LogP contribution in [-0.2, 0) is 0 Å². The Kier molecular flexibility index (Phi) is 5.05. The van der Waals surface area contributed by atoms with Crippen molar-refractivity contribution < 1.29 is 0 Å². The van der Waals surface area contributed by atoms with Gasteiger partial charge in [0.15, 0.2) is 0 Å². The first-order valence-corrected chi connectivity index (χ1v) is 7.65. The lowest BCUT2D eigenvalue weighted by Crippen LogP contribution is -2.38. The lowest BCUT2D eigenvalue weighted by Gasteiger charge is -2.29. The van der Waals surface area contributed by atoms with Gasteiger partial charge >= 0.3 is 0 Å². The fraction of sp³-hybridized carbons (Fsp3) is 1.00. The molecule has 1 aliphatic carbocycles. The number of rotatable bonds is 7. The molecular weight excluding hydrogens is 222 g/mol. The molecule has 106 valence electrons. The zero-order chi connectivity index (χ0) is 13.0. The Hall–Kier alpha value is -0.120. The van der Waals surface area contributed by atoms with Crippen molar-refractivity contribution in [1.29, 1.82) is 0 Å². The molecule has 2 fully saturated rings. The molecule has 0 bridgehead atoms. The summed E-state index contributed by atoms with van der Waals surface area (Å²) in [5.41, 5.74) is 0.655. The molecule has 0 aromatic heterocycles. The molecule has 1 heterocycles. The summed E-state index contributed by atoms with van der Waals surface area (Å²) in [6, 6.07) is 0. The Bertz CT molecular complexity index is 242. The molecule has 0 unspecified atom stereocenters. The van der Waals surface area contributed by atoms with E-state index >= 15 is 0 Å². The third-order valence-corrected chi connectivity index (χ3v) is 4.70. The number of likely N-dealkylation sites (N-methyl/N-ethyl adjacent to an activating group) is 1. The van der Waals surface area contributed by atoms with Gasteiger partial charge in [-0.3, -0.25) is 0 Å². The van der Waals surface area contributed by atoms with E-state index in [2.05, 4.69) is 36.1 Å². The summed E-state index contributed by atoms with van der Waals surface area (Å²) in [5, 5.41) is 3.65. The van der Waals surface area contributed by atoms with Crippen molar-refractivity contribution in [3.8, 4) is 0 Å². The number of nitrogens with zero attached hydrogens (tertiary/aromatic N) is 2. The van der Waals surface area contributed by atoms with Gasteiger partial charge in [-0.05, 0) is 70.7 Å². The second-order valence-electron chi connectivity index (χ2n) is 7.00. The number of piperidine rings is 1. The highest BCUT2D eigenvalue weighted by atomic mass is 15.1. The molecule has 0 atom stereocenters. The largest absolute Gasteiger partial charge is 0.315 e. The van der Waals surface area contributed by atoms with Gasteiger partial charge in [0.25, 0.3) is 0 Å². The van der Waals surface area contributed by atoms with E-state index in [-0.39, 0.29) is 0 Å². The van der Waals surface area contributed by atoms with Crippen molar-refractivity contribution in [1.82, 2.24) is 15.1 Å². The topological polar surface area (TPSA) is 18.5 Å². The summed E-state index contributed by atoms with van der Waals surface area (Å²) in [7, 11) is 4.50. The van der Waals surface area contributed by atoms with Crippen molar-refractivity contribution in [2.24, 2.45) is 11.3 Å². The molecule has 0 radical (unpaired) electrons. The summed E-state index contributed by atoms with van der Waals surface area (Å²) in [4.78, 5) is 4.94. The SMILES string of the molecule is CN1CCC(CNCCN(C)CC2(C)CC2)CC1. The molecule has 18 heavy (non-hydrogen) atoms. The van der Waals surface area contributed by atoms with Crippen LogP contribution in [0.25, 0.3) is 0 Å². The van der Waals surface area contributed by atoms with Crippen LogP contribution in [0.5, 0.6) is 0 Å². The lowest BCUT2D eigenvalue weighted by molar-refractivity contribution is 0.213. The van der Waals surface area contributed by atoms with Gasteiger partial charge in [-0.1, -0.05) is 6.92 Å². The Morgan fingerprint density at radius 3 is 2.56 bits per heavy atom. The van der Waals surface area contributed by atoms with Crippen LogP contribution in [0.15, 0.2) is 0 Å². The second kappa shape index (κ2) is 6.36. The van der Waals surface area contributed by atoms with Crippen LogP contribution in [0.2, 0.25) is 0 Å². The van der Waals surface area contributed by atoms with Crippen LogP contribution in [-0.4, -0.2) is 63.2 Å². The monoisotopic (exact) mass is 253 g/mol. The number of nitrogens with one attached hydrogen (secondary N) is 1. The van der Waals surface area contributed by atoms with Crippen molar-refractivity contribution >= 4 is 0 Å². The molecule has 3 nitrogen and oxygen atoms in total. The van der Waals surface area contributed by atoms with Gasteiger partial charge in [-0.15, -0.1) is 0 Å². The predicted octanol–water partition coefficient (Wildman–Crippen LogP) is 1.65. The van der Waals surface area contributed by atoms with Gasteiger partial charge in [0.1, 0.15) is 0 Å². The van der Waals surface area contributed by atoms with Gasteiger partial charge in [0.05, 0.1) is 0 Å². The van der Waals surface area contributed by atoms with E-state index in [1.807, 2.05) is 0 Å². The van der Waals surface area contributed by atoms with Crippen LogP contribution < -0.4 is 5.32 Å². The van der Waals surface area contributed by atoms with E-state index in [0.717, 1.165) is 12.5 Å². The molecule has 1 aliphatic heterocycles. The summed E-state index contributed by atoms with van der Waals surface area (Å²) < 4.78 is 0. The van der Waals surface area contributed by atoms with E-state index in [4.69, 9.17) is 0 Å². The number of likely N-dealkylation sites (tertiary alicyclic amines) is 1. The third-order valence-electron chi connectivity index (χ3n) is 4.70. The Balaban J connectivity index is 1.48. The molecule has 0 spiro atoms. The summed E-state index contributed by atoms with van der Waals surface area (Å²) in [6.07, 6.45) is 5.61. The summed E-state index contributed by atoms with van der Waals surface area (Å²) in [6.45, 7) is 9.83. The maximum Gasteiger partial charge on any atom is 0.0104 e. The highest BCUT2D eigenvalue weighted by Crippen LogP contribution is 2.45. The van der Waals surface area contributed by atoms with Gasteiger partial charge in [0, 0.05) is 19.6 Å². The quantitative estimate of drug-likeness (QED) is 0.696. The van der Waals surface area contributed by atoms with Gasteiger partial charge < -0.3 is 15.1 Å². The minimum absolute atomic E-state index is 0.655. The Morgan fingerprint density at radius 1 is 1.28 bits per heavy atom. The molecule has 1 N–H and O–H groups in total. The maximum atomic E-state index is 3.65. The fourth-order valence-electron chi connectivity index (χ4n) is 2.94. The van der Waals surface area contributed by atoms with Gasteiger partial charge in [-0.2, -0.15) is 0 Å². The maximum absolute atomic E-state index is 3.65. The highest BCUT2D eigenvalue weighted by molar-refractivity contribution is 4.90. The van der Waals surface area contributed by atoms with Crippen LogP contribution in [0, 0.1) is 11.3 Å². The standard InChI is InChI=1S/C15H31N3/c1-15(6-7-15)13-18(3)11-8-16-12-14-4-9-17(2)10-5-14/h14,16H,4-13H2,1-3H3. The average molecular weight is 253 g/mol. The van der Waals surface area contributed by atoms with E-state index in [0.29, 0.717) is 5.41 Å². The highest BCUT2D eigenvalue weighted by Gasteiger charge is 2.37. The summed E-state index contributed by atoms with van der Waals surface area (Å²) in [5.74, 6) is 0.910. The normalized spacial score (nSPS) is 24.7. The third kappa shape index (κ3) is 4.87. The molecule has 2 aliphatic rings. The molecule has 0 aromatic rings. The smallest absolute Gasteiger partial charge is 0.0104 e. The molecular formula is C15H31N3. The minimum Gasteiger partial charge on any atom is -0.315 e. The number of hydrogen-bond donors (Lipinski definition) is 1. The van der Waals surface area contributed by atoms with Crippen LogP contribution in [0.1, 0.15) is 32.6 Å².